The van der Waals surface area contributed by atoms with Crippen LogP contribution in [0.2, 0.25) is 0 Å². The van der Waals surface area contributed by atoms with Gasteiger partial charge in [-0.2, -0.15) is 0 Å². The number of piperidine rings is 1. The number of rotatable bonds is 3. The lowest BCUT2D eigenvalue weighted by atomic mass is 9.51. The predicted molar refractivity (Wildman–Crippen MR) is 115 cm³/mol. The van der Waals surface area contributed by atoms with Gasteiger partial charge in [-0.15, -0.1) is 0 Å². The van der Waals surface area contributed by atoms with E-state index in [2.05, 4.69) is 42.2 Å². The van der Waals surface area contributed by atoms with E-state index in [1.54, 1.807) is 7.11 Å². The third-order valence-electron chi connectivity index (χ3n) is 7.86. The Kier molecular flexibility index (Phi) is 4.64. The molecule has 152 valence electrons. The molecule has 1 saturated carbocycles. The first-order chi connectivity index (χ1) is 14.1. The molecule has 2 aromatic carbocycles. The summed E-state index contributed by atoms with van der Waals surface area (Å²) in [5.41, 5.74) is 4.28. The summed E-state index contributed by atoms with van der Waals surface area (Å²) in [5.74, 6) is 2.59. The number of fused-ring (bicyclic) bond motifs is 1. The molecule has 1 heterocycles. The van der Waals surface area contributed by atoms with E-state index in [0.717, 1.165) is 36.6 Å². The maximum absolute atomic E-state index is 13.3. The molecule has 1 saturated heterocycles. The summed E-state index contributed by atoms with van der Waals surface area (Å²) in [6, 6.07) is 17.2. The van der Waals surface area contributed by atoms with Gasteiger partial charge >= 0.3 is 0 Å². The Labute approximate surface area is 174 Å². The molecule has 1 aliphatic heterocycles. The lowest BCUT2D eigenvalue weighted by Crippen LogP contribution is -2.63. The van der Waals surface area contributed by atoms with Gasteiger partial charge in [0.25, 0.3) is 0 Å². The summed E-state index contributed by atoms with van der Waals surface area (Å²) in [5, 5.41) is 0. The fraction of sp³-hybridized carbons (Fsp3) is 0.500. The summed E-state index contributed by atoms with van der Waals surface area (Å²) >= 11 is 0. The van der Waals surface area contributed by atoms with Gasteiger partial charge in [0.1, 0.15) is 5.75 Å². The van der Waals surface area contributed by atoms with Gasteiger partial charge in [0, 0.05) is 18.0 Å². The van der Waals surface area contributed by atoms with E-state index in [9.17, 15) is 4.79 Å². The van der Waals surface area contributed by atoms with Crippen LogP contribution in [0.1, 0.15) is 49.3 Å². The van der Waals surface area contributed by atoms with E-state index in [0.29, 0.717) is 24.3 Å². The van der Waals surface area contributed by atoms with Crippen molar-refractivity contribution in [2.45, 2.75) is 56.9 Å². The summed E-state index contributed by atoms with van der Waals surface area (Å²) in [4.78, 5) is 15.6. The normalized spacial score (nSPS) is 30.3. The zero-order valence-corrected chi connectivity index (χ0v) is 17.6. The molecule has 3 nitrogen and oxygen atoms in total. The van der Waals surface area contributed by atoms with E-state index >= 15 is 0 Å². The molecular weight excluding hydrogens is 358 g/mol. The molecule has 1 unspecified atom stereocenters. The second-order valence-electron chi connectivity index (χ2n) is 9.44. The zero-order chi connectivity index (χ0) is 20.0. The van der Waals surface area contributed by atoms with E-state index in [1.165, 1.54) is 30.4 Å². The zero-order valence-electron chi connectivity index (χ0n) is 17.6. The monoisotopic (exact) mass is 389 g/mol. The van der Waals surface area contributed by atoms with Crippen LogP contribution >= 0.6 is 0 Å². The van der Waals surface area contributed by atoms with Crippen molar-refractivity contribution >= 4 is 5.91 Å². The standard InChI is InChI=1S/C26H31NO2/c1-18-8-11-22-24-15-20-9-10-21(29-2)16-23(20)26(22,17-18)12-13-27(24)25(28)14-19-6-4-3-5-7-19/h3-7,9-10,16,18,22,24H,8,11-15,17H2,1-2H3/t18?,22-,24+,26-/m0/s1. The van der Waals surface area contributed by atoms with Crippen LogP contribution in [0.4, 0.5) is 0 Å². The van der Waals surface area contributed by atoms with Crippen LogP contribution in [-0.4, -0.2) is 30.5 Å². The Bertz CT molecular complexity index is 908. The highest BCUT2D eigenvalue weighted by molar-refractivity contribution is 5.79. The largest absolute Gasteiger partial charge is 0.497 e. The highest BCUT2D eigenvalue weighted by Gasteiger charge is 2.55. The molecule has 2 aliphatic carbocycles. The first-order valence-electron chi connectivity index (χ1n) is 11.1. The van der Waals surface area contributed by atoms with Crippen molar-refractivity contribution in [2.75, 3.05) is 13.7 Å². The molecule has 0 spiro atoms. The van der Waals surface area contributed by atoms with Gasteiger partial charge in [0.2, 0.25) is 5.91 Å². The molecule has 2 aromatic rings. The van der Waals surface area contributed by atoms with Crippen LogP contribution in [0, 0.1) is 11.8 Å². The van der Waals surface area contributed by atoms with Crippen molar-refractivity contribution in [1.82, 2.24) is 4.90 Å². The van der Waals surface area contributed by atoms with Crippen LogP contribution in [0.15, 0.2) is 48.5 Å². The van der Waals surface area contributed by atoms with Gasteiger partial charge in [0.05, 0.1) is 13.5 Å². The van der Waals surface area contributed by atoms with Crippen molar-refractivity contribution in [1.29, 1.82) is 0 Å². The maximum atomic E-state index is 13.3. The average Bonchev–Trinajstić information content (AvgIpc) is 2.74. The molecule has 5 rings (SSSR count). The molecule has 3 aliphatic rings. The lowest BCUT2D eigenvalue weighted by Gasteiger charge is -2.60. The molecule has 29 heavy (non-hydrogen) atoms. The van der Waals surface area contributed by atoms with Crippen LogP contribution in [-0.2, 0) is 23.1 Å². The van der Waals surface area contributed by atoms with E-state index in [-0.39, 0.29) is 5.41 Å². The summed E-state index contributed by atoms with van der Waals surface area (Å²) in [6.45, 7) is 3.29. The first-order valence-corrected chi connectivity index (χ1v) is 11.1. The average molecular weight is 390 g/mol. The van der Waals surface area contributed by atoms with Crippen molar-refractivity contribution in [3.05, 3.63) is 65.2 Å². The third-order valence-corrected chi connectivity index (χ3v) is 7.86. The predicted octanol–water partition coefficient (Wildman–Crippen LogP) is 4.77. The minimum Gasteiger partial charge on any atom is -0.497 e. The smallest absolute Gasteiger partial charge is 0.227 e. The second kappa shape index (κ2) is 7.19. The van der Waals surface area contributed by atoms with Crippen molar-refractivity contribution < 1.29 is 9.53 Å². The highest BCUT2D eigenvalue weighted by atomic mass is 16.5. The number of hydrogen-bond donors (Lipinski definition) is 0. The van der Waals surface area contributed by atoms with Crippen LogP contribution < -0.4 is 4.74 Å². The minimum absolute atomic E-state index is 0.216. The summed E-state index contributed by atoms with van der Waals surface area (Å²) in [6.07, 6.45) is 6.35. The fourth-order valence-electron chi connectivity index (χ4n) is 6.59. The van der Waals surface area contributed by atoms with E-state index < -0.39 is 0 Å². The molecule has 0 aromatic heterocycles. The number of carbonyl (C=O) groups excluding carboxylic acids is 1. The molecular formula is C26H31NO2. The Morgan fingerprint density at radius 1 is 1.17 bits per heavy atom. The van der Waals surface area contributed by atoms with Crippen LogP contribution in [0.3, 0.4) is 0 Å². The van der Waals surface area contributed by atoms with Crippen molar-refractivity contribution in [3.8, 4) is 5.75 Å². The topological polar surface area (TPSA) is 29.5 Å². The van der Waals surface area contributed by atoms with Crippen LogP contribution in [0.25, 0.3) is 0 Å². The van der Waals surface area contributed by atoms with Gasteiger partial charge < -0.3 is 9.64 Å². The van der Waals surface area contributed by atoms with E-state index in [4.69, 9.17) is 4.74 Å². The Morgan fingerprint density at radius 3 is 2.79 bits per heavy atom. The third kappa shape index (κ3) is 3.06. The van der Waals surface area contributed by atoms with Crippen LogP contribution in [0.5, 0.6) is 5.75 Å². The molecule has 2 bridgehead atoms. The number of hydrogen-bond acceptors (Lipinski definition) is 2. The molecule has 0 N–H and O–H groups in total. The Hall–Kier alpha value is -2.29. The molecule has 1 amide bonds. The summed E-state index contributed by atoms with van der Waals surface area (Å²) < 4.78 is 5.58. The number of nitrogens with zero attached hydrogens (tertiary/aromatic N) is 1. The van der Waals surface area contributed by atoms with Crippen molar-refractivity contribution in [2.24, 2.45) is 11.8 Å². The van der Waals surface area contributed by atoms with Gasteiger partial charge in [-0.05, 0) is 66.3 Å². The van der Waals surface area contributed by atoms with Gasteiger partial charge in [-0.3, -0.25) is 4.79 Å². The number of carbonyl (C=O) groups is 1. The lowest BCUT2D eigenvalue weighted by molar-refractivity contribution is -0.140. The molecule has 3 heteroatoms. The van der Waals surface area contributed by atoms with Crippen molar-refractivity contribution in [3.63, 3.8) is 0 Å². The molecule has 2 fully saturated rings. The molecule has 4 atom stereocenters. The SMILES string of the molecule is COc1ccc2c(c1)[C@]13CCN(C(=O)Cc4ccccc4)[C@H](C2)[C@@H]1CCC(C)C3. The van der Waals surface area contributed by atoms with Gasteiger partial charge in [-0.1, -0.05) is 49.7 Å². The Morgan fingerprint density at radius 2 is 2.00 bits per heavy atom. The fourth-order valence-corrected chi connectivity index (χ4v) is 6.59. The number of methoxy groups -OCH3 is 1. The van der Waals surface area contributed by atoms with Gasteiger partial charge in [0.15, 0.2) is 0 Å². The number of ether oxygens (including phenoxy) is 1. The van der Waals surface area contributed by atoms with E-state index in [1.807, 2.05) is 18.2 Å². The second-order valence-corrected chi connectivity index (χ2v) is 9.44. The number of amides is 1. The highest BCUT2D eigenvalue weighted by Crippen LogP contribution is 2.57. The quantitative estimate of drug-likeness (QED) is 0.757. The molecule has 0 radical (unpaired) electrons. The maximum Gasteiger partial charge on any atom is 0.227 e. The number of benzene rings is 2. The Balaban J connectivity index is 1.50. The van der Waals surface area contributed by atoms with Gasteiger partial charge in [-0.25, -0.2) is 0 Å². The summed E-state index contributed by atoms with van der Waals surface area (Å²) in [7, 11) is 1.76. The number of likely N-dealkylation sites (tertiary alicyclic amines) is 1. The first kappa shape index (κ1) is 18.7. The minimum atomic E-state index is 0.216.